The van der Waals surface area contributed by atoms with E-state index in [0.717, 1.165) is 18.7 Å². The molecular formula is C14H18ClN3S. The molecule has 0 amide bonds. The minimum atomic E-state index is -0.155. The number of nitrogens with two attached hydrogens (primary N) is 1. The fraction of sp³-hybridized carbons (Fsp3) is 0.500. The number of nitrogens with zero attached hydrogens (tertiary/aromatic N) is 2. The predicted octanol–water partition coefficient (Wildman–Crippen LogP) is 3.54. The highest BCUT2D eigenvalue weighted by molar-refractivity contribution is 7.12. The summed E-state index contributed by atoms with van der Waals surface area (Å²) in [5.41, 5.74) is 8.85. The molecule has 0 radical (unpaired) electrons. The summed E-state index contributed by atoms with van der Waals surface area (Å²) in [6.07, 6.45) is 6.41. The highest BCUT2D eigenvalue weighted by atomic mass is 35.5. The van der Waals surface area contributed by atoms with E-state index in [9.17, 15) is 0 Å². The third kappa shape index (κ3) is 2.33. The zero-order valence-electron chi connectivity index (χ0n) is 11.0. The fourth-order valence-electron chi connectivity index (χ4n) is 2.71. The van der Waals surface area contributed by atoms with Crippen molar-refractivity contribution in [2.45, 2.75) is 45.2 Å². The van der Waals surface area contributed by atoms with Crippen LogP contribution in [0, 0.1) is 0 Å². The maximum Gasteiger partial charge on any atom is 0.0837 e. The molecule has 2 aromatic rings. The minimum Gasteiger partial charge on any atom is -0.318 e. The van der Waals surface area contributed by atoms with Gasteiger partial charge in [0, 0.05) is 16.3 Å². The van der Waals surface area contributed by atoms with Crippen molar-refractivity contribution < 1.29 is 0 Å². The van der Waals surface area contributed by atoms with Crippen LogP contribution in [0.2, 0.25) is 5.02 Å². The standard InChI is InChI=1S/C14H18ClN3S/c1-2-6-18-14(10(15)8-17-18)13(16)12-7-9-4-3-5-11(9)19-12/h7-8,13H,2-6,16H2,1H3. The molecule has 2 N–H and O–H groups in total. The number of halogens is 1. The second-order valence-electron chi connectivity index (χ2n) is 5.03. The zero-order chi connectivity index (χ0) is 13.4. The molecule has 1 aliphatic rings. The summed E-state index contributed by atoms with van der Waals surface area (Å²) in [7, 11) is 0. The number of hydrogen-bond donors (Lipinski definition) is 1. The van der Waals surface area contributed by atoms with Crippen molar-refractivity contribution in [3.8, 4) is 0 Å². The third-order valence-corrected chi connectivity index (χ3v) is 5.25. The van der Waals surface area contributed by atoms with Gasteiger partial charge in [-0.3, -0.25) is 4.68 Å². The molecule has 19 heavy (non-hydrogen) atoms. The summed E-state index contributed by atoms with van der Waals surface area (Å²) >= 11 is 8.10. The van der Waals surface area contributed by atoms with Gasteiger partial charge in [-0.2, -0.15) is 5.10 Å². The number of aryl methyl sites for hydroxylation is 3. The first-order valence-corrected chi connectivity index (χ1v) is 7.98. The number of rotatable bonds is 4. The van der Waals surface area contributed by atoms with E-state index >= 15 is 0 Å². The zero-order valence-corrected chi connectivity index (χ0v) is 12.6. The van der Waals surface area contributed by atoms with Gasteiger partial charge in [0.05, 0.1) is 23.0 Å². The van der Waals surface area contributed by atoms with Crippen molar-refractivity contribution >= 4 is 22.9 Å². The van der Waals surface area contributed by atoms with E-state index in [1.54, 1.807) is 6.20 Å². The summed E-state index contributed by atoms with van der Waals surface area (Å²) in [6, 6.07) is 2.11. The normalized spacial score (nSPS) is 15.7. The molecule has 0 aliphatic heterocycles. The molecule has 0 saturated carbocycles. The van der Waals surface area contributed by atoms with Crippen LogP contribution < -0.4 is 5.73 Å². The van der Waals surface area contributed by atoms with Crippen LogP contribution in [0.4, 0.5) is 0 Å². The molecule has 3 rings (SSSR count). The Kier molecular flexibility index (Phi) is 3.65. The van der Waals surface area contributed by atoms with Gasteiger partial charge in [0.1, 0.15) is 0 Å². The molecule has 1 unspecified atom stereocenters. The molecule has 2 heterocycles. The summed E-state index contributed by atoms with van der Waals surface area (Å²) in [5.74, 6) is 0. The van der Waals surface area contributed by atoms with Gasteiger partial charge >= 0.3 is 0 Å². The molecule has 0 aromatic carbocycles. The smallest absolute Gasteiger partial charge is 0.0837 e. The van der Waals surface area contributed by atoms with E-state index in [4.69, 9.17) is 17.3 Å². The first-order chi connectivity index (χ1) is 9.20. The second-order valence-corrected chi connectivity index (χ2v) is 6.60. The van der Waals surface area contributed by atoms with Crippen LogP contribution in [0.15, 0.2) is 12.3 Å². The maximum absolute atomic E-state index is 6.42. The molecule has 102 valence electrons. The van der Waals surface area contributed by atoms with Gasteiger partial charge in [0.2, 0.25) is 0 Å². The van der Waals surface area contributed by atoms with E-state index in [-0.39, 0.29) is 6.04 Å². The molecule has 5 heteroatoms. The van der Waals surface area contributed by atoms with Crippen LogP contribution in [0.5, 0.6) is 0 Å². The largest absolute Gasteiger partial charge is 0.318 e. The van der Waals surface area contributed by atoms with Crippen LogP contribution in [0.1, 0.15) is 46.8 Å². The molecule has 1 aliphatic carbocycles. The Morgan fingerprint density at radius 1 is 1.53 bits per heavy atom. The number of thiophene rings is 1. The summed E-state index contributed by atoms with van der Waals surface area (Å²) in [5, 5.41) is 5.00. The van der Waals surface area contributed by atoms with Crippen molar-refractivity contribution in [2.24, 2.45) is 5.73 Å². The van der Waals surface area contributed by atoms with Crippen molar-refractivity contribution in [1.82, 2.24) is 9.78 Å². The molecule has 3 nitrogen and oxygen atoms in total. The van der Waals surface area contributed by atoms with E-state index in [1.165, 1.54) is 34.6 Å². The quantitative estimate of drug-likeness (QED) is 0.937. The van der Waals surface area contributed by atoms with Crippen molar-refractivity contribution in [3.63, 3.8) is 0 Å². The topological polar surface area (TPSA) is 43.8 Å². The van der Waals surface area contributed by atoms with Crippen molar-refractivity contribution in [1.29, 1.82) is 0 Å². The van der Waals surface area contributed by atoms with Gasteiger partial charge in [-0.1, -0.05) is 18.5 Å². The lowest BCUT2D eigenvalue weighted by atomic mass is 10.1. The highest BCUT2D eigenvalue weighted by Gasteiger charge is 2.23. The molecule has 0 saturated heterocycles. The van der Waals surface area contributed by atoms with Gasteiger partial charge in [-0.05, 0) is 37.3 Å². The Hall–Kier alpha value is -0.840. The van der Waals surface area contributed by atoms with E-state index < -0.39 is 0 Å². The molecular weight excluding hydrogens is 278 g/mol. The Balaban J connectivity index is 1.94. The van der Waals surface area contributed by atoms with Gasteiger partial charge in [-0.25, -0.2) is 0 Å². The van der Waals surface area contributed by atoms with Gasteiger partial charge in [0.15, 0.2) is 0 Å². The van der Waals surface area contributed by atoms with Gasteiger partial charge < -0.3 is 5.73 Å². The number of aromatic nitrogens is 2. The third-order valence-electron chi connectivity index (χ3n) is 3.64. The van der Waals surface area contributed by atoms with Gasteiger partial charge in [0.25, 0.3) is 0 Å². The average Bonchev–Trinajstić information content (AvgIpc) is 3.03. The summed E-state index contributed by atoms with van der Waals surface area (Å²) in [6.45, 7) is 2.99. The molecule has 0 spiro atoms. The van der Waals surface area contributed by atoms with E-state index in [0.29, 0.717) is 5.02 Å². The van der Waals surface area contributed by atoms with Crippen molar-refractivity contribution in [2.75, 3.05) is 0 Å². The Morgan fingerprint density at radius 3 is 3.11 bits per heavy atom. The summed E-state index contributed by atoms with van der Waals surface area (Å²) < 4.78 is 1.94. The van der Waals surface area contributed by atoms with Crippen LogP contribution in [0.3, 0.4) is 0 Å². The first kappa shape index (κ1) is 13.2. The Bertz CT molecular complexity index is 566. The Labute approximate surface area is 122 Å². The predicted molar refractivity (Wildman–Crippen MR) is 79.9 cm³/mol. The number of fused-ring (bicyclic) bond motifs is 1. The molecule has 0 fully saturated rings. The fourth-order valence-corrected chi connectivity index (χ4v) is 4.23. The number of hydrogen-bond acceptors (Lipinski definition) is 3. The van der Waals surface area contributed by atoms with E-state index in [2.05, 4.69) is 18.1 Å². The maximum atomic E-state index is 6.42. The van der Waals surface area contributed by atoms with Crippen molar-refractivity contribution in [3.05, 3.63) is 38.3 Å². The SMILES string of the molecule is CCCn1ncc(Cl)c1C(N)c1cc2c(s1)CCC2. The first-order valence-electron chi connectivity index (χ1n) is 6.79. The van der Waals surface area contributed by atoms with Gasteiger partial charge in [-0.15, -0.1) is 11.3 Å². The summed E-state index contributed by atoms with van der Waals surface area (Å²) in [4.78, 5) is 2.72. The Morgan fingerprint density at radius 2 is 2.37 bits per heavy atom. The highest BCUT2D eigenvalue weighted by Crippen LogP contribution is 2.36. The minimum absolute atomic E-state index is 0.155. The molecule has 0 bridgehead atoms. The molecule has 1 atom stereocenters. The van der Waals surface area contributed by atoms with Crippen LogP contribution in [-0.4, -0.2) is 9.78 Å². The molecule has 2 aromatic heterocycles. The monoisotopic (exact) mass is 295 g/mol. The van der Waals surface area contributed by atoms with Crippen LogP contribution in [0.25, 0.3) is 0 Å². The second kappa shape index (κ2) is 5.27. The average molecular weight is 296 g/mol. The lowest BCUT2D eigenvalue weighted by Crippen LogP contribution is -2.17. The lowest BCUT2D eigenvalue weighted by molar-refractivity contribution is 0.561. The lowest BCUT2D eigenvalue weighted by Gasteiger charge is -2.13. The van der Waals surface area contributed by atoms with Crippen LogP contribution in [-0.2, 0) is 19.4 Å². The van der Waals surface area contributed by atoms with E-state index in [1.807, 2.05) is 16.0 Å². The van der Waals surface area contributed by atoms with Crippen LogP contribution >= 0.6 is 22.9 Å².